The first-order valence-electron chi connectivity index (χ1n) is 18.8. The third-order valence-electron chi connectivity index (χ3n) is 9.67. The minimum atomic E-state index is -4.64. The van der Waals surface area contributed by atoms with Crippen molar-refractivity contribution in [3.05, 3.63) is 70.4 Å². The minimum absolute atomic E-state index is 0.0191. The topological polar surface area (TPSA) is 235 Å². The van der Waals surface area contributed by atoms with Crippen LogP contribution in [0.3, 0.4) is 0 Å². The Balaban J connectivity index is 0.000000422. The molecule has 0 saturated carbocycles. The van der Waals surface area contributed by atoms with Crippen LogP contribution >= 0.6 is 0 Å². The summed E-state index contributed by atoms with van der Waals surface area (Å²) in [7, 11) is 1.44. The molecule has 58 heavy (non-hydrogen) atoms. The molecule has 5 N–H and O–H groups in total. The van der Waals surface area contributed by atoms with Crippen LogP contribution in [-0.4, -0.2) is 101 Å². The van der Waals surface area contributed by atoms with Gasteiger partial charge in [0.15, 0.2) is 0 Å². The molecule has 0 spiro atoms. The lowest BCUT2D eigenvalue weighted by molar-refractivity contribution is -0.138. The van der Waals surface area contributed by atoms with E-state index in [0.717, 1.165) is 29.9 Å². The van der Waals surface area contributed by atoms with Gasteiger partial charge in [-0.15, -0.1) is 0 Å². The number of carboxylic acid groups (broad SMARTS) is 3. The number of rotatable bonds is 16. The highest BCUT2D eigenvalue weighted by molar-refractivity contribution is 5.89. The van der Waals surface area contributed by atoms with Crippen molar-refractivity contribution in [1.82, 2.24) is 15.0 Å². The molecule has 2 aliphatic heterocycles. The van der Waals surface area contributed by atoms with Gasteiger partial charge in [-0.25, -0.2) is 19.7 Å². The van der Waals surface area contributed by atoms with Crippen LogP contribution in [0.1, 0.15) is 98.1 Å². The van der Waals surface area contributed by atoms with Gasteiger partial charge in [0.1, 0.15) is 11.5 Å². The number of nitriles is 1. The summed E-state index contributed by atoms with van der Waals surface area (Å²) in [5, 5.41) is 36.2. The maximum Gasteiger partial charge on any atom is 0.416 e. The average molecular weight is 816 g/mol. The third-order valence-corrected chi connectivity index (χ3v) is 9.67. The van der Waals surface area contributed by atoms with Crippen LogP contribution in [0.15, 0.2) is 36.5 Å². The normalized spacial score (nSPS) is 17.7. The standard InChI is InChI=1S/C29H30F3N7O4.C10H18O5/c1-3-28(34)14-20(25-22(39(28)27(40)41)4-5-24(37-25)42-2)26-35-16-23(38-6-8-43-9-7-38)21(36-26)13-17-10-18(15-33)12-19(11-17)29(30,31)32;11-9(12)5-1-3-7-15-8-4-2-6-10(13)14/h4-5,10-12,16,20H,3,6-9,13-14,34H2,1-2H3,(H,40,41);1-8H2,(H,11,12)(H,13,14)/t20-,28+;/m0./s1. The van der Waals surface area contributed by atoms with Crippen LogP contribution in [0, 0.1) is 11.3 Å². The van der Waals surface area contributed by atoms with Crippen LogP contribution < -0.4 is 20.3 Å². The number of aliphatic carboxylic acids is 2. The van der Waals surface area contributed by atoms with Crippen molar-refractivity contribution < 1.29 is 57.1 Å². The molecule has 314 valence electrons. The molecule has 1 saturated heterocycles. The Kier molecular flexibility index (Phi) is 16.1. The summed E-state index contributed by atoms with van der Waals surface area (Å²) in [5.74, 6) is -1.67. The molecule has 2 aromatic heterocycles. The van der Waals surface area contributed by atoms with Gasteiger partial charge in [-0.3, -0.25) is 14.5 Å². The second-order valence-electron chi connectivity index (χ2n) is 13.8. The predicted molar refractivity (Wildman–Crippen MR) is 203 cm³/mol. The van der Waals surface area contributed by atoms with Gasteiger partial charge in [0.25, 0.3) is 0 Å². The van der Waals surface area contributed by atoms with Crippen LogP contribution in [0.25, 0.3) is 0 Å². The van der Waals surface area contributed by atoms with Crippen molar-refractivity contribution in [1.29, 1.82) is 5.26 Å². The Morgan fingerprint density at radius 1 is 1.00 bits per heavy atom. The number of hydrogen-bond acceptors (Lipinski definition) is 12. The first-order valence-corrected chi connectivity index (χ1v) is 18.8. The number of unbranched alkanes of at least 4 members (excludes halogenated alkanes) is 2. The molecule has 1 amide bonds. The first-order chi connectivity index (χ1) is 27.6. The molecular weight excluding hydrogens is 767 g/mol. The highest BCUT2D eigenvalue weighted by Crippen LogP contribution is 2.45. The van der Waals surface area contributed by atoms with E-state index in [1.165, 1.54) is 13.2 Å². The number of amides is 1. The molecule has 16 nitrogen and oxygen atoms in total. The zero-order valence-corrected chi connectivity index (χ0v) is 32.3. The quantitative estimate of drug-likeness (QED) is 0.125. The molecule has 3 aromatic rings. The number of aromatic nitrogens is 3. The highest BCUT2D eigenvalue weighted by Gasteiger charge is 2.47. The van der Waals surface area contributed by atoms with Gasteiger partial charge < -0.3 is 40.2 Å². The number of benzene rings is 1. The molecule has 19 heteroatoms. The fourth-order valence-corrected chi connectivity index (χ4v) is 6.67. The number of hydrogen-bond donors (Lipinski definition) is 4. The Bertz CT molecular complexity index is 1920. The SMILES string of the molecule is CC[C@]1(N)C[C@H](c2ncc(N3CCOCC3)c(Cc3cc(C#N)cc(C(F)(F)F)c3)n2)c2nc(OC)ccc2N1C(=O)O.O=C(O)CCCCOCCCCC(=O)O. The predicted octanol–water partition coefficient (Wildman–Crippen LogP) is 5.80. The van der Waals surface area contributed by atoms with Gasteiger partial charge in [0.2, 0.25) is 5.88 Å². The number of pyridine rings is 1. The number of methoxy groups -OCH3 is 1. The highest BCUT2D eigenvalue weighted by atomic mass is 19.4. The van der Waals surface area contributed by atoms with E-state index in [1.54, 1.807) is 25.3 Å². The summed E-state index contributed by atoms with van der Waals surface area (Å²) in [5.41, 5.74) is 6.28. The van der Waals surface area contributed by atoms with Gasteiger partial charge in [-0.05, 0) is 68.4 Å². The van der Waals surface area contributed by atoms with Gasteiger partial charge >= 0.3 is 24.2 Å². The van der Waals surface area contributed by atoms with E-state index >= 15 is 0 Å². The van der Waals surface area contributed by atoms with Crippen molar-refractivity contribution in [3.8, 4) is 11.9 Å². The zero-order chi connectivity index (χ0) is 42.5. The van der Waals surface area contributed by atoms with E-state index in [1.807, 2.05) is 11.0 Å². The largest absolute Gasteiger partial charge is 0.481 e. The summed E-state index contributed by atoms with van der Waals surface area (Å²) in [6.45, 7) is 4.87. The molecule has 5 rings (SSSR count). The fourth-order valence-electron chi connectivity index (χ4n) is 6.67. The number of morpholine rings is 1. The van der Waals surface area contributed by atoms with E-state index in [4.69, 9.17) is 35.1 Å². The van der Waals surface area contributed by atoms with Crippen molar-refractivity contribution in [3.63, 3.8) is 0 Å². The summed E-state index contributed by atoms with van der Waals surface area (Å²) in [4.78, 5) is 49.8. The number of carboxylic acids is 2. The number of anilines is 2. The van der Waals surface area contributed by atoms with Crippen LogP contribution in [0.5, 0.6) is 5.88 Å². The average Bonchev–Trinajstić information content (AvgIpc) is 3.19. The Labute approximate surface area is 333 Å². The second-order valence-corrected chi connectivity index (χ2v) is 13.8. The van der Waals surface area contributed by atoms with Crippen LogP contribution in [-0.2, 0) is 31.7 Å². The lowest BCUT2D eigenvalue weighted by Crippen LogP contribution is -2.61. The molecule has 1 fully saturated rings. The molecule has 0 bridgehead atoms. The lowest BCUT2D eigenvalue weighted by atomic mass is 9.83. The van der Waals surface area contributed by atoms with Crippen LogP contribution in [0.2, 0.25) is 0 Å². The molecule has 2 atom stereocenters. The maximum atomic E-state index is 13.7. The van der Waals surface area contributed by atoms with Crippen molar-refractivity contribution in [2.24, 2.45) is 5.73 Å². The number of fused-ring (bicyclic) bond motifs is 1. The molecule has 0 radical (unpaired) electrons. The summed E-state index contributed by atoms with van der Waals surface area (Å²) in [6.07, 6.45) is -0.788. The van der Waals surface area contributed by atoms with E-state index in [2.05, 4.69) is 9.97 Å². The smallest absolute Gasteiger partial charge is 0.416 e. The fraction of sp³-hybridized carbons (Fsp3) is 0.513. The van der Waals surface area contributed by atoms with Crippen LogP contribution in [0.4, 0.5) is 29.3 Å². The molecule has 1 aromatic carbocycles. The van der Waals surface area contributed by atoms with Gasteiger partial charge in [0.05, 0.1) is 72.4 Å². The lowest BCUT2D eigenvalue weighted by Gasteiger charge is -2.45. The third kappa shape index (κ3) is 12.2. The number of nitrogens with two attached hydrogens (primary N) is 1. The number of halogens is 3. The maximum absolute atomic E-state index is 13.7. The van der Waals surface area contributed by atoms with Gasteiger partial charge in [0, 0.05) is 51.6 Å². The first kappa shape index (κ1) is 45.1. The Hall–Kier alpha value is -5.58. The van der Waals surface area contributed by atoms with Gasteiger partial charge in [-0.1, -0.05) is 6.92 Å². The second kappa shape index (κ2) is 20.7. The van der Waals surface area contributed by atoms with E-state index in [-0.39, 0.29) is 60.6 Å². The monoisotopic (exact) mass is 815 g/mol. The summed E-state index contributed by atoms with van der Waals surface area (Å²) < 4.78 is 57.0. The molecule has 4 heterocycles. The Morgan fingerprint density at radius 3 is 2.21 bits per heavy atom. The number of nitrogens with zero attached hydrogens (tertiary/aromatic N) is 6. The molecule has 2 aliphatic rings. The van der Waals surface area contributed by atoms with E-state index in [9.17, 15) is 37.9 Å². The molecule has 0 unspecified atom stereocenters. The summed E-state index contributed by atoms with van der Waals surface area (Å²) in [6, 6.07) is 8.17. The molecular formula is C39H48F3N7O9. The van der Waals surface area contributed by atoms with Crippen molar-refractivity contribution >= 4 is 29.4 Å². The van der Waals surface area contributed by atoms with E-state index < -0.39 is 41.4 Å². The summed E-state index contributed by atoms with van der Waals surface area (Å²) >= 11 is 0. The molecule has 0 aliphatic carbocycles. The van der Waals surface area contributed by atoms with Crippen molar-refractivity contribution in [2.45, 2.75) is 82.5 Å². The number of carbonyl (C=O) groups is 3. The van der Waals surface area contributed by atoms with Crippen molar-refractivity contribution in [2.75, 3.05) is 56.4 Å². The zero-order valence-electron chi connectivity index (χ0n) is 32.3. The number of alkyl halides is 3. The van der Waals surface area contributed by atoms with E-state index in [0.29, 0.717) is 69.4 Å². The number of ether oxygens (including phenoxy) is 3. The Morgan fingerprint density at radius 2 is 1.66 bits per heavy atom. The van der Waals surface area contributed by atoms with Gasteiger partial charge in [-0.2, -0.15) is 18.4 Å². The minimum Gasteiger partial charge on any atom is -0.481 e.